The van der Waals surface area contributed by atoms with Crippen LogP contribution in [-0.4, -0.2) is 53.9 Å². The summed E-state index contributed by atoms with van der Waals surface area (Å²) in [6, 6.07) is 3.99. The lowest BCUT2D eigenvalue weighted by molar-refractivity contribution is -0.165. The highest BCUT2D eigenvalue weighted by Crippen LogP contribution is 2.27. The van der Waals surface area contributed by atoms with E-state index in [0.717, 1.165) is 69.0 Å². The minimum absolute atomic E-state index is 0.0867. The van der Waals surface area contributed by atoms with Gasteiger partial charge in [0, 0.05) is 43.6 Å². The van der Waals surface area contributed by atoms with Crippen LogP contribution in [0.2, 0.25) is 0 Å². The van der Waals surface area contributed by atoms with E-state index in [1.165, 1.54) is 0 Å². The summed E-state index contributed by atoms with van der Waals surface area (Å²) in [7, 11) is 0. The van der Waals surface area contributed by atoms with Crippen molar-refractivity contribution < 1.29 is 18.9 Å². The lowest BCUT2D eigenvalue weighted by atomic mass is 9.97. The van der Waals surface area contributed by atoms with Gasteiger partial charge in [0.2, 0.25) is 5.88 Å². The second-order valence-electron chi connectivity index (χ2n) is 6.98. The number of rotatable bonds is 6. The van der Waals surface area contributed by atoms with E-state index < -0.39 is 0 Å². The highest BCUT2D eigenvalue weighted by Gasteiger charge is 2.20. The van der Waals surface area contributed by atoms with Crippen LogP contribution in [0, 0.1) is 6.92 Å². The first-order chi connectivity index (χ1) is 12.8. The molecule has 4 rings (SSSR count). The first-order valence-corrected chi connectivity index (χ1v) is 9.61. The van der Waals surface area contributed by atoms with Gasteiger partial charge >= 0.3 is 0 Å². The zero-order valence-corrected chi connectivity index (χ0v) is 15.4. The Kier molecular flexibility index (Phi) is 5.67. The van der Waals surface area contributed by atoms with Crippen molar-refractivity contribution in [3.05, 3.63) is 23.5 Å². The molecular weight excluding hydrogens is 334 g/mol. The fourth-order valence-corrected chi connectivity index (χ4v) is 3.55. The molecule has 0 aliphatic carbocycles. The predicted octanol–water partition coefficient (Wildman–Crippen LogP) is 2.85. The third-order valence-corrected chi connectivity index (χ3v) is 4.96. The molecule has 0 amide bonds. The Bertz CT molecular complexity index is 721. The second kappa shape index (κ2) is 8.33. The van der Waals surface area contributed by atoms with Gasteiger partial charge in [0.1, 0.15) is 6.61 Å². The largest absolute Gasteiger partial charge is 0.475 e. The molecule has 2 aliphatic heterocycles. The zero-order valence-electron chi connectivity index (χ0n) is 15.4. The van der Waals surface area contributed by atoms with Crippen molar-refractivity contribution in [3.63, 3.8) is 0 Å². The van der Waals surface area contributed by atoms with Crippen LogP contribution in [0.3, 0.4) is 0 Å². The maximum Gasteiger partial charge on any atom is 0.218 e. The van der Waals surface area contributed by atoms with Crippen LogP contribution in [-0.2, 0) is 14.2 Å². The van der Waals surface area contributed by atoms with Crippen LogP contribution in [0.15, 0.2) is 12.1 Å². The summed E-state index contributed by atoms with van der Waals surface area (Å²) in [4.78, 5) is 4.59. The molecule has 1 atom stereocenters. The Morgan fingerprint density at radius 3 is 2.81 bits per heavy atom. The van der Waals surface area contributed by atoms with Crippen molar-refractivity contribution in [1.82, 2.24) is 14.6 Å². The minimum Gasteiger partial charge on any atom is -0.475 e. The van der Waals surface area contributed by atoms with E-state index in [4.69, 9.17) is 24.0 Å². The van der Waals surface area contributed by atoms with Gasteiger partial charge in [-0.2, -0.15) is 9.61 Å². The van der Waals surface area contributed by atoms with Crippen LogP contribution in [0.1, 0.15) is 49.4 Å². The highest BCUT2D eigenvalue weighted by molar-refractivity contribution is 5.44. The summed E-state index contributed by atoms with van der Waals surface area (Å²) >= 11 is 0. The van der Waals surface area contributed by atoms with Crippen LogP contribution >= 0.6 is 0 Å². The molecule has 4 heterocycles. The summed E-state index contributed by atoms with van der Waals surface area (Å²) in [6.07, 6.45) is 5.18. The van der Waals surface area contributed by atoms with Gasteiger partial charge in [-0.15, -0.1) is 0 Å². The standard InChI is InChI=1S/C19H27N3O4/c1-14-12-18(24-10-11-26-19-4-2-3-7-25-19)22-17(20-14)13-16(21-22)15-5-8-23-9-6-15/h12-13,15,19H,2-11H2,1H3/t19-/m0/s1. The van der Waals surface area contributed by atoms with Crippen molar-refractivity contribution in [1.29, 1.82) is 0 Å². The summed E-state index contributed by atoms with van der Waals surface area (Å²) in [5, 5.41) is 4.75. The Labute approximate surface area is 153 Å². The molecule has 2 saturated heterocycles. The van der Waals surface area contributed by atoms with Gasteiger partial charge in [0.05, 0.1) is 12.3 Å². The van der Waals surface area contributed by atoms with Gasteiger partial charge in [-0.05, 0) is 39.0 Å². The number of ether oxygens (including phenoxy) is 4. The molecule has 7 heteroatoms. The van der Waals surface area contributed by atoms with Crippen LogP contribution in [0.4, 0.5) is 0 Å². The van der Waals surface area contributed by atoms with E-state index in [1.807, 2.05) is 13.0 Å². The van der Waals surface area contributed by atoms with Gasteiger partial charge in [-0.1, -0.05) is 0 Å². The van der Waals surface area contributed by atoms with Crippen LogP contribution in [0.25, 0.3) is 5.65 Å². The minimum atomic E-state index is -0.0867. The molecule has 2 fully saturated rings. The SMILES string of the molecule is Cc1cc(OCCO[C@H]2CCCCO2)n2nc(C3CCOCC3)cc2n1. The number of nitrogens with zero attached hydrogens (tertiary/aromatic N) is 3. The maximum atomic E-state index is 5.95. The summed E-state index contributed by atoms with van der Waals surface area (Å²) in [5.41, 5.74) is 2.82. The molecule has 142 valence electrons. The Hall–Kier alpha value is -1.70. The van der Waals surface area contributed by atoms with Crippen molar-refractivity contribution in [3.8, 4) is 5.88 Å². The second-order valence-corrected chi connectivity index (χ2v) is 6.98. The Balaban J connectivity index is 1.41. The summed E-state index contributed by atoms with van der Waals surface area (Å²) in [6.45, 7) is 5.33. The number of hydrogen-bond donors (Lipinski definition) is 0. The van der Waals surface area contributed by atoms with Gasteiger partial charge < -0.3 is 18.9 Å². The fraction of sp³-hybridized carbons (Fsp3) is 0.684. The van der Waals surface area contributed by atoms with Crippen molar-refractivity contribution >= 4 is 5.65 Å². The van der Waals surface area contributed by atoms with E-state index in [0.29, 0.717) is 25.0 Å². The topological polar surface area (TPSA) is 67.1 Å². The normalized spacial score (nSPS) is 22.0. The van der Waals surface area contributed by atoms with Gasteiger partial charge in [0.15, 0.2) is 11.9 Å². The third-order valence-electron chi connectivity index (χ3n) is 4.96. The van der Waals surface area contributed by atoms with Gasteiger partial charge in [-0.3, -0.25) is 0 Å². The van der Waals surface area contributed by atoms with Crippen molar-refractivity contribution in [2.45, 2.75) is 51.2 Å². The molecular formula is C19H27N3O4. The van der Waals surface area contributed by atoms with Crippen LogP contribution in [0.5, 0.6) is 5.88 Å². The fourth-order valence-electron chi connectivity index (χ4n) is 3.55. The Morgan fingerprint density at radius 1 is 1.12 bits per heavy atom. The quantitative estimate of drug-likeness (QED) is 0.737. The number of aromatic nitrogens is 3. The van der Waals surface area contributed by atoms with Crippen molar-refractivity contribution in [2.75, 3.05) is 33.0 Å². The van der Waals surface area contributed by atoms with E-state index in [1.54, 1.807) is 4.52 Å². The van der Waals surface area contributed by atoms with E-state index >= 15 is 0 Å². The van der Waals surface area contributed by atoms with E-state index in [9.17, 15) is 0 Å². The lowest BCUT2D eigenvalue weighted by Crippen LogP contribution is -2.24. The summed E-state index contributed by atoms with van der Waals surface area (Å²) < 4.78 is 24.5. The molecule has 0 unspecified atom stereocenters. The number of aryl methyl sites for hydroxylation is 1. The zero-order chi connectivity index (χ0) is 17.8. The van der Waals surface area contributed by atoms with E-state index in [-0.39, 0.29) is 6.29 Å². The first-order valence-electron chi connectivity index (χ1n) is 9.61. The molecule has 0 aromatic carbocycles. The number of hydrogen-bond acceptors (Lipinski definition) is 6. The average Bonchev–Trinajstić information content (AvgIpc) is 3.11. The lowest BCUT2D eigenvalue weighted by Gasteiger charge is -2.22. The molecule has 2 aromatic heterocycles. The Morgan fingerprint density at radius 2 is 2.00 bits per heavy atom. The molecule has 0 radical (unpaired) electrons. The smallest absolute Gasteiger partial charge is 0.218 e. The molecule has 7 nitrogen and oxygen atoms in total. The van der Waals surface area contributed by atoms with Crippen LogP contribution < -0.4 is 4.74 Å². The molecule has 0 saturated carbocycles. The van der Waals surface area contributed by atoms with E-state index in [2.05, 4.69) is 11.1 Å². The number of fused-ring (bicyclic) bond motifs is 1. The summed E-state index contributed by atoms with van der Waals surface area (Å²) in [5.74, 6) is 1.14. The highest BCUT2D eigenvalue weighted by atomic mass is 16.7. The maximum absolute atomic E-state index is 5.95. The third kappa shape index (κ3) is 4.16. The monoisotopic (exact) mass is 361 g/mol. The average molecular weight is 361 g/mol. The molecule has 0 spiro atoms. The molecule has 2 aliphatic rings. The predicted molar refractivity (Wildman–Crippen MR) is 95.6 cm³/mol. The first kappa shape index (κ1) is 17.7. The molecule has 26 heavy (non-hydrogen) atoms. The van der Waals surface area contributed by atoms with Gasteiger partial charge in [-0.25, -0.2) is 4.98 Å². The molecule has 0 N–H and O–H groups in total. The van der Waals surface area contributed by atoms with Crippen molar-refractivity contribution in [2.24, 2.45) is 0 Å². The molecule has 2 aromatic rings. The van der Waals surface area contributed by atoms with Gasteiger partial charge in [0.25, 0.3) is 0 Å². The molecule has 0 bridgehead atoms.